The lowest BCUT2D eigenvalue weighted by molar-refractivity contribution is -0.136. The Morgan fingerprint density at radius 2 is 1.39 bits per heavy atom. The first-order chi connectivity index (χ1) is 13.6. The molecule has 2 rings (SSSR count). The summed E-state index contributed by atoms with van der Waals surface area (Å²) in [6.45, 7) is 0. The Bertz CT molecular complexity index is 621. The van der Waals surface area contributed by atoms with Crippen LogP contribution in [-0.2, 0) is 9.59 Å². The molecule has 1 aromatic carbocycles. The zero-order valence-electron chi connectivity index (χ0n) is 17.2. The minimum Gasteiger partial charge on any atom is -0.497 e. The van der Waals surface area contributed by atoms with Gasteiger partial charge in [-0.1, -0.05) is 57.8 Å². The van der Waals surface area contributed by atoms with Gasteiger partial charge in [-0.3, -0.25) is 9.59 Å². The minimum absolute atomic E-state index is 0.0652. The molecule has 0 atom stereocenters. The van der Waals surface area contributed by atoms with Gasteiger partial charge < -0.3 is 20.1 Å². The summed E-state index contributed by atoms with van der Waals surface area (Å²) in [5, 5.41) is 5.57. The first-order valence-electron chi connectivity index (χ1n) is 10.5. The van der Waals surface area contributed by atoms with Crippen LogP contribution in [0, 0.1) is 0 Å². The van der Waals surface area contributed by atoms with Crippen LogP contribution in [0.1, 0.15) is 70.6 Å². The molecule has 1 saturated carbocycles. The molecule has 1 fully saturated rings. The molecule has 0 heterocycles. The molecule has 1 aliphatic rings. The number of carbonyl (C=O) groups is 2. The molecule has 0 aromatic heterocycles. The molecule has 0 aliphatic heterocycles. The van der Waals surface area contributed by atoms with E-state index in [1.54, 1.807) is 25.3 Å². The zero-order valence-corrected chi connectivity index (χ0v) is 17.2. The molecule has 28 heavy (non-hydrogen) atoms. The second-order valence-corrected chi connectivity index (χ2v) is 7.45. The van der Waals surface area contributed by atoms with Crippen molar-refractivity contribution >= 4 is 17.5 Å². The van der Waals surface area contributed by atoms with E-state index in [0.29, 0.717) is 17.2 Å². The second-order valence-electron chi connectivity index (χ2n) is 7.45. The van der Waals surface area contributed by atoms with E-state index in [4.69, 9.17) is 9.47 Å². The molecule has 0 spiro atoms. The maximum atomic E-state index is 12.4. The fourth-order valence-corrected chi connectivity index (χ4v) is 3.64. The number of rotatable bonds is 4. The van der Waals surface area contributed by atoms with Crippen LogP contribution in [0.3, 0.4) is 0 Å². The zero-order chi connectivity index (χ0) is 20.2. The van der Waals surface area contributed by atoms with Crippen molar-refractivity contribution < 1.29 is 19.1 Å². The lowest BCUT2D eigenvalue weighted by atomic mass is 9.98. The largest absolute Gasteiger partial charge is 0.497 e. The van der Waals surface area contributed by atoms with Gasteiger partial charge in [-0.25, -0.2) is 0 Å². The Morgan fingerprint density at radius 3 is 1.93 bits per heavy atom. The minimum atomic E-state index is -0.672. The Labute approximate surface area is 168 Å². The van der Waals surface area contributed by atoms with Gasteiger partial charge in [0, 0.05) is 12.1 Å². The Kier molecular flexibility index (Phi) is 9.66. The van der Waals surface area contributed by atoms with Gasteiger partial charge in [-0.05, 0) is 25.0 Å². The Hall–Kier alpha value is -2.24. The average molecular weight is 391 g/mol. The van der Waals surface area contributed by atoms with Crippen molar-refractivity contribution in [2.75, 3.05) is 19.5 Å². The first kappa shape index (κ1) is 22.1. The van der Waals surface area contributed by atoms with E-state index in [9.17, 15) is 9.59 Å². The summed E-state index contributed by atoms with van der Waals surface area (Å²) in [6, 6.07) is 5.11. The van der Waals surface area contributed by atoms with E-state index in [1.165, 1.54) is 52.1 Å². The number of benzene rings is 1. The van der Waals surface area contributed by atoms with Gasteiger partial charge in [0.05, 0.1) is 19.9 Å². The van der Waals surface area contributed by atoms with Gasteiger partial charge in [-0.2, -0.15) is 0 Å². The van der Waals surface area contributed by atoms with Crippen molar-refractivity contribution in [3.8, 4) is 11.5 Å². The highest BCUT2D eigenvalue weighted by Crippen LogP contribution is 2.29. The van der Waals surface area contributed by atoms with Crippen molar-refractivity contribution in [3.63, 3.8) is 0 Å². The molecule has 156 valence electrons. The van der Waals surface area contributed by atoms with Crippen LogP contribution in [0.5, 0.6) is 11.5 Å². The van der Waals surface area contributed by atoms with Crippen LogP contribution in [0.2, 0.25) is 0 Å². The predicted octanol–water partition coefficient (Wildman–Crippen LogP) is 4.43. The van der Waals surface area contributed by atoms with Crippen molar-refractivity contribution in [3.05, 3.63) is 18.2 Å². The third-order valence-electron chi connectivity index (χ3n) is 5.30. The Balaban J connectivity index is 1.91. The smallest absolute Gasteiger partial charge is 0.313 e. The molecular formula is C22H34N2O4. The lowest BCUT2D eigenvalue weighted by Crippen LogP contribution is -2.42. The molecule has 0 radical (unpaired) electrons. The normalized spacial score (nSPS) is 16.9. The molecule has 0 saturated heterocycles. The number of hydrogen-bond acceptors (Lipinski definition) is 4. The highest BCUT2D eigenvalue weighted by molar-refractivity contribution is 6.39. The van der Waals surface area contributed by atoms with Crippen LogP contribution >= 0.6 is 0 Å². The standard InChI is InChI=1S/C22H34N2O4/c1-27-18-14-15-19(20(16-18)28-2)24-22(26)21(25)23-17-12-10-8-6-4-3-5-7-9-11-13-17/h14-17H,3-13H2,1-2H3,(H,23,25)(H,24,26). The molecular weight excluding hydrogens is 356 g/mol. The number of anilines is 1. The van der Waals surface area contributed by atoms with E-state index < -0.39 is 11.8 Å². The van der Waals surface area contributed by atoms with E-state index >= 15 is 0 Å². The number of amides is 2. The van der Waals surface area contributed by atoms with Crippen molar-refractivity contribution in [2.45, 2.75) is 76.7 Å². The predicted molar refractivity (Wildman–Crippen MR) is 111 cm³/mol. The SMILES string of the molecule is COc1ccc(NC(=O)C(=O)NC2CCCCCCCCCCC2)c(OC)c1. The summed E-state index contributed by atoms with van der Waals surface area (Å²) in [5.74, 6) is -0.191. The summed E-state index contributed by atoms with van der Waals surface area (Å²) >= 11 is 0. The molecule has 0 bridgehead atoms. The maximum Gasteiger partial charge on any atom is 0.313 e. The van der Waals surface area contributed by atoms with Crippen LogP contribution in [0.4, 0.5) is 5.69 Å². The lowest BCUT2D eigenvalue weighted by Gasteiger charge is -2.19. The van der Waals surface area contributed by atoms with Gasteiger partial charge in [0.15, 0.2) is 0 Å². The summed E-state index contributed by atoms with van der Waals surface area (Å²) in [4.78, 5) is 24.8. The number of nitrogens with one attached hydrogen (secondary N) is 2. The van der Waals surface area contributed by atoms with Crippen LogP contribution in [0.25, 0.3) is 0 Å². The molecule has 1 aliphatic carbocycles. The fraction of sp³-hybridized carbons (Fsp3) is 0.636. The van der Waals surface area contributed by atoms with Crippen LogP contribution in [0.15, 0.2) is 18.2 Å². The van der Waals surface area contributed by atoms with E-state index in [2.05, 4.69) is 10.6 Å². The quantitative estimate of drug-likeness (QED) is 0.746. The number of hydrogen-bond donors (Lipinski definition) is 2. The molecule has 6 heteroatoms. The van der Waals surface area contributed by atoms with Gasteiger partial charge in [0.2, 0.25) is 0 Å². The second kappa shape index (κ2) is 12.3. The molecule has 6 nitrogen and oxygen atoms in total. The summed E-state index contributed by atoms with van der Waals surface area (Å²) in [5.41, 5.74) is 0.446. The summed E-state index contributed by atoms with van der Waals surface area (Å²) in [6.07, 6.45) is 12.9. The van der Waals surface area contributed by atoms with Crippen LogP contribution < -0.4 is 20.1 Å². The highest BCUT2D eigenvalue weighted by atomic mass is 16.5. The van der Waals surface area contributed by atoms with Gasteiger partial charge in [-0.15, -0.1) is 0 Å². The third kappa shape index (κ3) is 7.41. The fourth-order valence-electron chi connectivity index (χ4n) is 3.64. The van der Waals surface area contributed by atoms with Gasteiger partial charge in [0.25, 0.3) is 0 Å². The molecule has 2 N–H and O–H groups in total. The third-order valence-corrected chi connectivity index (χ3v) is 5.30. The summed E-state index contributed by atoms with van der Waals surface area (Å²) in [7, 11) is 3.07. The topological polar surface area (TPSA) is 76.7 Å². The van der Waals surface area contributed by atoms with Crippen molar-refractivity contribution in [1.82, 2.24) is 5.32 Å². The number of carbonyl (C=O) groups excluding carboxylic acids is 2. The first-order valence-corrected chi connectivity index (χ1v) is 10.5. The molecule has 0 unspecified atom stereocenters. The molecule has 1 aromatic rings. The van der Waals surface area contributed by atoms with Gasteiger partial charge in [0.1, 0.15) is 11.5 Å². The number of ether oxygens (including phenoxy) is 2. The number of methoxy groups -OCH3 is 2. The monoisotopic (exact) mass is 390 g/mol. The van der Waals surface area contributed by atoms with Gasteiger partial charge >= 0.3 is 11.8 Å². The van der Waals surface area contributed by atoms with E-state index in [0.717, 1.165) is 25.7 Å². The highest BCUT2D eigenvalue weighted by Gasteiger charge is 2.20. The van der Waals surface area contributed by atoms with E-state index in [1.807, 2.05) is 0 Å². The van der Waals surface area contributed by atoms with E-state index in [-0.39, 0.29) is 6.04 Å². The average Bonchev–Trinajstić information content (AvgIpc) is 2.70. The Morgan fingerprint density at radius 1 is 0.821 bits per heavy atom. The van der Waals surface area contributed by atoms with Crippen molar-refractivity contribution in [1.29, 1.82) is 0 Å². The van der Waals surface area contributed by atoms with Crippen LogP contribution in [-0.4, -0.2) is 32.1 Å². The molecule has 2 amide bonds. The van der Waals surface area contributed by atoms with Crippen molar-refractivity contribution in [2.24, 2.45) is 0 Å². The maximum absolute atomic E-state index is 12.4. The summed E-state index contributed by atoms with van der Waals surface area (Å²) < 4.78 is 10.4.